The van der Waals surface area contributed by atoms with Gasteiger partial charge in [-0.2, -0.15) is 0 Å². The average molecular weight is 629 g/mol. The van der Waals surface area contributed by atoms with Crippen molar-refractivity contribution in [3.63, 3.8) is 0 Å². The summed E-state index contributed by atoms with van der Waals surface area (Å²) >= 11 is 0. The molecule has 248 valence electrons. The van der Waals surface area contributed by atoms with Crippen LogP contribution >= 0.6 is 0 Å². The van der Waals surface area contributed by atoms with Gasteiger partial charge in [0.15, 0.2) is 12.6 Å². The van der Waals surface area contributed by atoms with Crippen molar-refractivity contribution in [3.05, 3.63) is 11.6 Å². The van der Waals surface area contributed by atoms with E-state index < -0.39 is 19.5 Å². The average Bonchev–Trinajstić information content (AvgIpc) is 2.89. The van der Waals surface area contributed by atoms with Gasteiger partial charge in [-0.1, -0.05) is 66.8 Å². The maximum atomic E-state index is 14.6. The molecule has 7 heteroatoms. The minimum absolute atomic E-state index is 0.0178. The molecule has 0 radical (unpaired) electrons. The van der Waals surface area contributed by atoms with Gasteiger partial charge in [0, 0.05) is 20.6 Å². The number of ketones is 1. The highest BCUT2D eigenvalue weighted by Crippen LogP contribution is 2.75. The van der Waals surface area contributed by atoms with Crippen LogP contribution in [0.25, 0.3) is 0 Å². The molecule has 5 aliphatic rings. The van der Waals surface area contributed by atoms with E-state index in [1.165, 1.54) is 5.57 Å². The molecule has 4 fully saturated rings. The van der Waals surface area contributed by atoms with Gasteiger partial charge < -0.3 is 14.6 Å². The largest absolute Gasteiger partial charge is 0.481 e. The molecule has 0 saturated heterocycles. The van der Waals surface area contributed by atoms with E-state index in [0.717, 1.165) is 51.0 Å². The number of allylic oxidation sites excluding steroid dienone is 2. The first-order valence-electron chi connectivity index (χ1n) is 17.4. The summed E-state index contributed by atoms with van der Waals surface area (Å²) < 4.78 is 11.4. The Balaban J connectivity index is 1.40. The number of carbonyl (C=O) groups excluding carboxylic acids is 2. The summed E-state index contributed by atoms with van der Waals surface area (Å²) in [5, 5.41) is 10.2. The SMILES string of the molecule is CC1(C)[C@@H](C(=O)OCOCC[Si](C)(C)C)CC[C@]2(C)[C@H]3C(=O)C=C4[C@@H]5C[C@@](C)(C(=O)O)CC[C@]5(C)CC[C@@]4(C)[C@]3(C)CC[C@@H]12. The van der Waals surface area contributed by atoms with Crippen LogP contribution in [0.1, 0.15) is 106 Å². The van der Waals surface area contributed by atoms with Gasteiger partial charge in [0.2, 0.25) is 0 Å². The molecule has 0 amide bonds. The lowest BCUT2D eigenvalue weighted by molar-refractivity contribution is -0.202. The van der Waals surface area contributed by atoms with E-state index >= 15 is 0 Å². The molecular weight excluding hydrogens is 568 g/mol. The number of fused-ring (bicyclic) bond motifs is 7. The van der Waals surface area contributed by atoms with Crippen LogP contribution in [0.4, 0.5) is 0 Å². The molecule has 0 bridgehead atoms. The van der Waals surface area contributed by atoms with Gasteiger partial charge in [0.1, 0.15) is 0 Å². The fourth-order valence-corrected chi connectivity index (χ4v) is 12.2. The van der Waals surface area contributed by atoms with Crippen molar-refractivity contribution in [3.8, 4) is 0 Å². The van der Waals surface area contributed by atoms with E-state index in [0.29, 0.717) is 19.4 Å². The van der Waals surface area contributed by atoms with Crippen LogP contribution in [0.3, 0.4) is 0 Å². The summed E-state index contributed by atoms with van der Waals surface area (Å²) in [5.41, 5.74) is -0.318. The molecule has 5 rings (SSSR count). The fourth-order valence-electron chi connectivity index (χ4n) is 11.4. The Morgan fingerprint density at radius 1 is 0.932 bits per heavy atom. The van der Waals surface area contributed by atoms with Gasteiger partial charge in [0.25, 0.3) is 0 Å². The Hall–Kier alpha value is -1.47. The highest BCUT2D eigenvalue weighted by atomic mass is 28.3. The summed E-state index contributed by atoms with van der Waals surface area (Å²) in [6, 6.07) is 1.04. The molecule has 44 heavy (non-hydrogen) atoms. The summed E-state index contributed by atoms with van der Waals surface area (Å²) in [6.45, 7) is 23.4. The van der Waals surface area contributed by atoms with E-state index in [-0.39, 0.29) is 69.3 Å². The molecule has 5 aliphatic carbocycles. The van der Waals surface area contributed by atoms with Crippen molar-refractivity contribution in [2.24, 2.45) is 56.2 Å². The van der Waals surface area contributed by atoms with E-state index in [1.807, 2.05) is 13.0 Å². The first-order chi connectivity index (χ1) is 20.1. The van der Waals surface area contributed by atoms with Gasteiger partial charge in [-0.05, 0) is 116 Å². The number of rotatable bonds is 7. The van der Waals surface area contributed by atoms with Crippen molar-refractivity contribution in [1.82, 2.24) is 0 Å². The first-order valence-corrected chi connectivity index (χ1v) is 21.1. The minimum atomic E-state index is -1.20. The zero-order chi connectivity index (χ0) is 32.7. The number of hydrogen-bond acceptors (Lipinski definition) is 5. The van der Waals surface area contributed by atoms with Crippen LogP contribution in [0.15, 0.2) is 11.6 Å². The number of ether oxygens (including phenoxy) is 2. The van der Waals surface area contributed by atoms with E-state index in [2.05, 4.69) is 61.2 Å². The van der Waals surface area contributed by atoms with Crippen molar-refractivity contribution < 1.29 is 29.0 Å². The molecule has 0 aromatic heterocycles. The zero-order valence-corrected chi connectivity index (χ0v) is 30.4. The third-order valence-electron chi connectivity index (χ3n) is 14.7. The van der Waals surface area contributed by atoms with E-state index in [9.17, 15) is 19.5 Å². The van der Waals surface area contributed by atoms with Crippen LogP contribution in [-0.2, 0) is 23.9 Å². The van der Waals surface area contributed by atoms with Crippen molar-refractivity contribution >= 4 is 25.8 Å². The molecule has 0 heterocycles. The van der Waals surface area contributed by atoms with Crippen LogP contribution in [0.2, 0.25) is 25.7 Å². The van der Waals surface area contributed by atoms with Crippen LogP contribution in [0.5, 0.6) is 0 Å². The van der Waals surface area contributed by atoms with Gasteiger partial charge in [0.05, 0.1) is 11.3 Å². The molecule has 0 unspecified atom stereocenters. The lowest BCUT2D eigenvalue weighted by atomic mass is 9.33. The van der Waals surface area contributed by atoms with Gasteiger partial charge in [-0.15, -0.1) is 0 Å². The van der Waals surface area contributed by atoms with Crippen LogP contribution in [-0.4, -0.2) is 44.3 Å². The maximum Gasteiger partial charge on any atom is 0.311 e. The van der Waals surface area contributed by atoms with Crippen LogP contribution < -0.4 is 0 Å². The number of carboxylic acids is 1. The second-order valence-corrected chi connectivity index (χ2v) is 24.4. The highest BCUT2D eigenvalue weighted by molar-refractivity contribution is 6.76. The van der Waals surface area contributed by atoms with Gasteiger partial charge in [-0.25, -0.2) is 0 Å². The Labute approximate surface area is 267 Å². The Morgan fingerprint density at radius 3 is 2.23 bits per heavy atom. The third-order valence-corrected chi connectivity index (χ3v) is 16.4. The summed E-state index contributed by atoms with van der Waals surface area (Å²) in [5.74, 6) is -0.590. The van der Waals surface area contributed by atoms with Gasteiger partial charge >= 0.3 is 11.9 Å². The van der Waals surface area contributed by atoms with Gasteiger partial charge in [-0.3, -0.25) is 14.4 Å². The summed E-state index contributed by atoms with van der Waals surface area (Å²) in [7, 11) is -1.20. The minimum Gasteiger partial charge on any atom is -0.481 e. The number of carboxylic acid groups (broad SMARTS) is 1. The molecular formula is C37H60O6Si. The Kier molecular flexibility index (Phi) is 8.30. The molecule has 0 aliphatic heterocycles. The molecule has 6 nitrogen and oxygen atoms in total. The number of carbonyl (C=O) groups is 3. The molecule has 9 atom stereocenters. The fraction of sp³-hybridized carbons (Fsp3) is 0.865. The second-order valence-electron chi connectivity index (χ2n) is 18.8. The van der Waals surface area contributed by atoms with Crippen molar-refractivity contribution in [2.45, 2.75) is 132 Å². The lowest BCUT2D eigenvalue weighted by Crippen LogP contribution is -2.66. The predicted octanol–water partition coefficient (Wildman–Crippen LogP) is 8.52. The molecule has 1 N–H and O–H groups in total. The molecule has 0 aromatic carbocycles. The third kappa shape index (κ3) is 5.09. The maximum absolute atomic E-state index is 14.6. The number of hydrogen-bond donors (Lipinski definition) is 1. The number of aliphatic carboxylic acids is 1. The monoisotopic (exact) mass is 628 g/mol. The Morgan fingerprint density at radius 2 is 1.59 bits per heavy atom. The quantitative estimate of drug-likeness (QED) is 0.132. The van der Waals surface area contributed by atoms with Crippen molar-refractivity contribution in [1.29, 1.82) is 0 Å². The normalized spacial score (nSPS) is 44.8. The van der Waals surface area contributed by atoms with Crippen LogP contribution in [0, 0.1) is 56.2 Å². The molecule has 0 aromatic rings. The standard InChI is InChI=1S/C37H60O6Si/c1-32(2)24(30(39)43-23-42-19-20-44(8,9)10)11-13-35(5)28(32)12-14-37(7)29(35)27(38)21-25-26-22-34(4,31(40)41)16-15-33(26,3)17-18-36(25,37)6/h21,24,26,28-29H,11-20,22-23H2,1-10H3,(H,40,41)/t24-,26+,28+,29-,33-,34+,35+,36-,37-/m1/s1. The van der Waals surface area contributed by atoms with Crippen molar-refractivity contribution in [2.75, 3.05) is 13.4 Å². The molecule has 4 saturated carbocycles. The van der Waals surface area contributed by atoms with E-state index in [4.69, 9.17) is 9.47 Å². The first kappa shape index (κ1) is 33.9. The lowest BCUT2D eigenvalue weighted by Gasteiger charge is -2.70. The summed E-state index contributed by atoms with van der Waals surface area (Å²) in [4.78, 5) is 40.4. The predicted molar refractivity (Wildman–Crippen MR) is 176 cm³/mol. The Bertz CT molecular complexity index is 1230. The smallest absolute Gasteiger partial charge is 0.311 e. The van der Waals surface area contributed by atoms with E-state index in [1.54, 1.807) is 0 Å². The highest BCUT2D eigenvalue weighted by Gasteiger charge is 2.70. The molecule has 0 spiro atoms. The zero-order valence-electron chi connectivity index (χ0n) is 29.4. The summed E-state index contributed by atoms with van der Waals surface area (Å²) in [6.07, 6.45) is 9.85. The topological polar surface area (TPSA) is 89.9 Å². The second kappa shape index (κ2) is 10.8. The number of esters is 1.